The molecule has 4 aromatic rings. The molecule has 1 N–H and O–H groups in total. The highest BCUT2D eigenvalue weighted by atomic mass is 32.2. The molecule has 1 spiro atoms. The maximum atomic E-state index is 13.6. The normalized spacial score (nSPS) is 21.8. The molecular formula is C32H34N4O4S. The lowest BCUT2D eigenvalue weighted by atomic mass is 9.78. The van der Waals surface area contributed by atoms with E-state index in [0.717, 1.165) is 64.3 Å². The van der Waals surface area contributed by atoms with Gasteiger partial charge in [0.2, 0.25) is 5.91 Å². The molecule has 0 radical (unpaired) electrons. The Morgan fingerprint density at radius 3 is 2.44 bits per heavy atom. The number of aromatic amines is 1. The van der Waals surface area contributed by atoms with Crippen LogP contribution in [0.1, 0.15) is 30.4 Å². The SMILES string of the molecule is CN1C(=O)C2(CCOC2)c2c1cnc1[nH]c(-c3ccc(CN4CCC(S(C)(=O)=O)CC4)cc3)c(-c3ccccc3)c21. The number of nitrogens with one attached hydrogen (secondary N) is 1. The molecule has 212 valence electrons. The first-order valence-electron chi connectivity index (χ1n) is 14.2. The van der Waals surface area contributed by atoms with Crippen LogP contribution in [0.4, 0.5) is 5.69 Å². The zero-order valence-electron chi connectivity index (χ0n) is 23.4. The number of benzene rings is 2. The van der Waals surface area contributed by atoms with Crippen molar-refractivity contribution in [2.24, 2.45) is 0 Å². The van der Waals surface area contributed by atoms with Gasteiger partial charge in [-0.1, -0.05) is 54.6 Å². The fourth-order valence-corrected chi connectivity index (χ4v) is 8.06. The third-order valence-corrected chi connectivity index (χ3v) is 10.9. The number of fused-ring (bicyclic) bond motifs is 4. The molecule has 0 aliphatic carbocycles. The van der Waals surface area contributed by atoms with Crippen molar-refractivity contribution in [3.05, 3.63) is 71.9 Å². The predicted molar refractivity (Wildman–Crippen MR) is 161 cm³/mol. The van der Waals surface area contributed by atoms with E-state index >= 15 is 0 Å². The molecular weight excluding hydrogens is 536 g/mol. The summed E-state index contributed by atoms with van der Waals surface area (Å²) in [7, 11) is -1.14. The molecule has 5 heterocycles. The summed E-state index contributed by atoms with van der Waals surface area (Å²) in [6.45, 7) is 3.31. The number of hydrogen-bond donors (Lipinski definition) is 1. The molecule has 41 heavy (non-hydrogen) atoms. The number of hydrogen-bond acceptors (Lipinski definition) is 6. The number of piperidine rings is 1. The number of likely N-dealkylation sites (N-methyl/N-ethyl adjacent to an activating group) is 1. The Hall–Kier alpha value is -3.53. The van der Waals surface area contributed by atoms with E-state index in [1.165, 1.54) is 11.8 Å². The highest BCUT2D eigenvalue weighted by Gasteiger charge is 2.54. The molecule has 1 amide bonds. The van der Waals surface area contributed by atoms with Crippen molar-refractivity contribution in [3.8, 4) is 22.4 Å². The van der Waals surface area contributed by atoms with E-state index in [2.05, 4.69) is 46.3 Å². The summed E-state index contributed by atoms with van der Waals surface area (Å²) >= 11 is 0. The Labute approximate surface area is 240 Å². The van der Waals surface area contributed by atoms with Crippen LogP contribution in [0.5, 0.6) is 0 Å². The van der Waals surface area contributed by atoms with Crippen LogP contribution >= 0.6 is 0 Å². The number of rotatable bonds is 5. The number of nitrogens with zero attached hydrogens (tertiary/aromatic N) is 3. The minimum absolute atomic E-state index is 0.0750. The van der Waals surface area contributed by atoms with Gasteiger partial charge in [0.15, 0.2) is 0 Å². The maximum Gasteiger partial charge on any atom is 0.239 e. The van der Waals surface area contributed by atoms with E-state index in [1.807, 2.05) is 31.4 Å². The molecule has 0 saturated carbocycles. The number of ether oxygens (including phenoxy) is 1. The number of H-pyrrole nitrogens is 1. The average molecular weight is 571 g/mol. The van der Waals surface area contributed by atoms with Crippen LogP contribution < -0.4 is 4.90 Å². The highest BCUT2D eigenvalue weighted by molar-refractivity contribution is 7.91. The molecule has 2 aromatic heterocycles. The van der Waals surface area contributed by atoms with Crippen molar-refractivity contribution >= 4 is 32.5 Å². The molecule has 2 saturated heterocycles. The zero-order chi connectivity index (χ0) is 28.4. The second kappa shape index (κ2) is 9.79. The van der Waals surface area contributed by atoms with Gasteiger partial charge in [0.05, 0.1) is 29.4 Å². The standard InChI is InChI=1S/C32H34N4O4S/c1-35-25-18-33-30-27(28(25)32(31(35)37)14-17-40-20-32)26(22-6-4-3-5-7-22)29(34-30)23-10-8-21(9-11-23)19-36-15-12-24(13-16-36)41(2,38)39/h3-11,18,24H,12-17,19-20H2,1-2H3,(H,33,34). The van der Waals surface area contributed by atoms with E-state index in [0.29, 0.717) is 32.5 Å². The Kier molecular flexibility index (Phi) is 6.30. The third-order valence-electron chi connectivity index (χ3n) is 9.23. The van der Waals surface area contributed by atoms with Crippen molar-refractivity contribution in [3.63, 3.8) is 0 Å². The molecule has 8 nitrogen and oxygen atoms in total. The Morgan fingerprint density at radius 2 is 1.78 bits per heavy atom. The monoisotopic (exact) mass is 570 g/mol. The van der Waals surface area contributed by atoms with Crippen molar-refractivity contribution in [2.45, 2.75) is 36.5 Å². The van der Waals surface area contributed by atoms with Crippen LogP contribution in [-0.4, -0.2) is 74.0 Å². The second-order valence-electron chi connectivity index (χ2n) is 11.7. The van der Waals surface area contributed by atoms with Crippen LogP contribution in [0.3, 0.4) is 0 Å². The molecule has 9 heteroatoms. The van der Waals surface area contributed by atoms with Gasteiger partial charge in [-0.15, -0.1) is 0 Å². The number of anilines is 1. The molecule has 1 atom stereocenters. The van der Waals surface area contributed by atoms with Crippen molar-refractivity contribution in [1.82, 2.24) is 14.9 Å². The van der Waals surface area contributed by atoms with Crippen LogP contribution in [-0.2, 0) is 31.3 Å². The van der Waals surface area contributed by atoms with Gasteiger partial charge in [-0.25, -0.2) is 13.4 Å². The Bertz CT molecular complexity index is 1730. The second-order valence-corrected chi connectivity index (χ2v) is 14.1. The quantitative estimate of drug-likeness (QED) is 0.379. The molecule has 7 rings (SSSR count). The van der Waals surface area contributed by atoms with Gasteiger partial charge >= 0.3 is 0 Å². The van der Waals surface area contributed by atoms with Gasteiger partial charge in [0, 0.05) is 43.0 Å². The van der Waals surface area contributed by atoms with Gasteiger partial charge < -0.3 is 14.6 Å². The minimum atomic E-state index is -2.98. The lowest BCUT2D eigenvalue weighted by Crippen LogP contribution is -2.39. The molecule has 2 fully saturated rings. The van der Waals surface area contributed by atoms with Crippen LogP contribution in [0, 0.1) is 0 Å². The Balaban J connectivity index is 1.29. The number of pyridine rings is 1. The lowest BCUT2D eigenvalue weighted by molar-refractivity contribution is -0.122. The third kappa shape index (κ3) is 4.29. The first kappa shape index (κ1) is 26.4. The fourth-order valence-electron chi connectivity index (χ4n) is 6.99. The van der Waals surface area contributed by atoms with E-state index in [4.69, 9.17) is 9.72 Å². The highest BCUT2D eigenvalue weighted by Crippen LogP contribution is 2.52. The first-order chi connectivity index (χ1) is 19.8. The summed E-state index contributed by atoms with van der Waals surface area (Å²) in [4.78, 5) is 26.1. The fraction of sp³-hybridized carbons (Fsp3) is 0.375. The van der Waals surface area contributed by atoms with Crippen LogP contribution in [0.15, 0.2) is 60.8 Å². The number of sulfone groups is 1. The first-order valence-corrected chi connectivity index (χ1v) is 16.2. The minimum Gasteiger partial charge on any atom is -0.380 e. The van der Waals surface area contributed by atoms with Crippen molar-refractivity contribution in [2.75, 3.05) is 44.5 Å². The number of amides is 1. The zero-order valence-corrected chi connectivity index (χ0v) is 24.2. The number of aromatic nitrogens is 2. The Morgan fingerprint density at radius 1 is 1.05 bits per heavy atom. The summed E-state index contributed by atoms with van der Waals surface area (Å²) < 4.78 is 29.7. The average Bonchev–Trinajstić information content (AvgIpc) is 3.67. The van der Waals surface area contributed by atoms with E-state index in [9.17, 15) is 13.2 Å². The smallest absolute Gasteiger partial charge is 0.239 e. The largest absolute Gasteiger partial charge is 0.380 e. The number of carbonyl (C=O) groups is 1. The van der Waals surface area contributed by atoms with E-state index in [1.54, 1.807) is 4.90 Å². The van der Waals surface area contributed by atoms with Crippen molar-refractivity contribution in [1.29, 1.82) is 0 Å². The van der Waals surface area contributed by atoms with Gasteiger partial charge in [0.25, 0.3) is 0 Å². The topological polar surface area (TPSA) is 95.6 Å². The van der Waals surface area contributed by atoms with Gasteiger partial charge in [0.1, 0.15) is 20.9 Å². The number of carbonyl (C=O) groups excluding carboxylic acids is 1. The maximum absolute atomic E-state index is 13.6. The number of likely N-dealkylation sites (tertiary alicyclic amines) is 1. The van der Waals surface area contributed by atoms with Gasteiger partial charge in [-0.3, -0.25) is 9.69 Å². The molecule has 2 aromatic carbocycles. The van der Waals surface area contributed by atoms with Gasteiger partial charge in [-0.05, 0) is 49.0 Å². The van der Waals surface area contributed by atoms with Gasteiger partial charge in [-0.2, -0.15) is 0 Å². The molecule has 0 bridgehead atoms. The molecule has 1 unspecified atom stereocenters. The van der Waals surface area contributed by atoms with E-state index in [-0.39, 0.29) is 11.2 Å². The summed E-state index contributed by atoms with van der Waals surface area (Å²) in [6.07, 6.45) is 5.20. The summed E-state index contributed by atoms with van der Waals surface area (Å²) in [5.41, 5.74) is 7.28. The molecule has 3 aliphatic rings. The van der Waals surface area contributed by atoms with E-state index < -0.39 is 15.3 Å². The summed E-state index contributed by atoms with van der Waals surface area (Å²) in [6, 6.07) is 18.9. The van der Waals surface area contributed by atoms with Crippen LogP contribution in [0.2, 0.25) is 0 Å². The van der Waals surface area contributed by atoms with Crippen LogP contribution in [0.25, 0.3) is 33.4 Å². The molecule has 3 aliphatic heterocycles. The van der Waals surface area contributed by atoms with Crippen molar-refractivity contribution < 1.29 is 17.9 Å². The predicted octanol–water partition coefficient (Wildman–Crippen LogP) is 4.54. The lowest BCUT2D eigenvalue weighted by Gasteiger charge is -2.31. The summed E-state index contributed by atoms with van der Waals surface area (Å²) in [5, 5.41) is 0.768. The summed E-state index contributed by atoms with van der Waals surface area (Å²) in [5.74, 6) is 0.0750.